The molecule has 1 heterocycles. The molecule has 0 saturated heterocycles. The predicted octanol–water partition coefficient (Wildman–Crippen LogP) is 3.33. The Balaban J connectivity index is 1.82. The van der Waals surface area contributed by atoms with E-state index in [1.807, 2.05) is 36.6 Å². The molecule has 0 unspecified atom stereocenters. The molecule has 2 aromatic rings. The van der Waals surface area contributed by atoms with Crippen LogP contribution in [0.5, 0.6) is 5.75 Å². The maximum Gasteiger partial charge on any atom is 0.264 e. The zero-order chi connectivity index (χ0) is 13.7. The monoisotopic (exact) mass is 388 g/mol. The van der Waals surface area contributed by atoms with Crippen molar-refractivity contribution in [3.63, 3.8) is 0 Å². The van der Waals surface area contributed by atoms with Crippen LogP contribution in [0.15, 0.2) is 29.6 Å². The fourth-order valence-corrected chi connectivity index (χ4v) is 2.53. The van der Waals surface area contributed by atoms with E-state index in [1.54, 1.807) is 0 Å². The number of carbonyl (C=O) groups is 1. The van der Waals surface area contributed by atoms with Gasteiger partial charge in [-0.05, 0) is 53.3 Å². The number of rotatable bonds is 5. The van der Waals surface area contributed by atoms with E-state index in [2.05, 4.69) is 32.9 Å². The van der Waals surface area contributed by atoms with Gasteiger partial charge in [0.2, 0.25) is 0 Å². The number of hydrogen-bond acceptors (Lipinski definition) is 4. The summed E-state index contributed by atoms with van der Waals surface area (Å²) in [6.07, 6.45) is 0.867. The number of ether oxygens (including phenoxy) is 1. The van der Waals surface area contributed by atoms with Gasteiger partial charge in [-0.3, -0.25) is 10.1 Å². The number of nitrogens with zero attached hydrogens (tertiary/aromatic N) is 1. The lowest BCUT2D eigenvalue weighted by Crippen LogP contribution is -2.20. The Labute approximate surface area is 129 Å². The molecule has 1 aromatic heterocycles. The number of halogens is 1. The van der Waals surface area contributed by atoms with Crippen LogP contribution in [-0.2, 0) is 11.2 Å². The lowest BCUT2D eigenvalue weighted by Gasteiger charge is -2.05. The highest BCUT2D eigenvalue weighted by Gasteiger charge is 2.06. The van der Waals surface area contributed by atoms with Gasteiger partial charge in [-0.2, -0.15) is 0 Å². The summed E-state index contributed by atoms with van der Waals surface area (Å²) in [4.78, 5) is 15.9. The Morgan fingerprint density at radius 1 is 1.42 bits per heavy atom. The number of aryl methyl sites for hydroxylation is 1. The predicted molar refractivity (Wildman–Crippen MR) is 84.8 cm³/mol. The molecule has 2 rings (SSSR count). The van der Waals surface area contributed by atoms with Gasteiger partial charge < -0.3 is 4.74 Å². The minimum Gasteiger partial charge on any atom is -0.484 e. The van der Waals surface area contributed by atoms with E-state index in [9.17, 15) is 4.79 Å². The molecule has 100 valence electrons. The highest BCUT2D eigenvalue weighted by molar-refractivity contribution is 14.1. The van der Waals surface area contributed by atoms with Crippen molar-refractivity contribution < 1.29 is 9.53 Å². The van der Waals surface area contributed by atoms with Crippen LogP contribution in [0.1, 0.15) is 12.6 Å². The molecule has 0 bridgehead atoms. The smallest absolute Gasteiger partial charge is 0.264 e. The average molecular weight is 388 g/mol. The number of hydrogen-bond donors (Lipinski definition) is 1. The first-order valence-electron chi connectivity index (χ1n) is 5.80. The van der Waals surface area contributed by atoms with Crippen molar-refractivity contribution in [2.24, 2.45) is 0 Å². The summed E-state index contributed by atoms with van der Waals surface area (Å²) in [6, 6.07) is 7.55. The first kappa shape index (κ1) is 14.3. The van der Waals surface area contributed by atoms with Gasteiger partial charge in [0.05, 0.1) is 5.69 Å². The van der Waals surface area contributed by atoms with Crippen molar-refractivity contribution in [3.8, 4) is 5.75 Å². The van der Waals surface area contributed by atoms with Gasteiger partial charge in [0.25, 0.3) is 5.91 Å². The first-order valence-corrected chi connectivity index (χ1v) is 7.76. The quantitative estimate of drug-likeness (QED) is 0.800. The van der Waals surface area contributed by atoms with Crippen molar-refractivity contribution in [2.45, 2.75) is 13.3 Å². The van der Waals surface area contributed by atoms with Crippen molar-refractivity contribution in [1.29, 1.82) is 0 Å². The highest BCUT2D eigenvalue weighted by atomic mass is 127. The largest absolute Gasteiger partial charge is 0.484 e. The molecule has 1 N–H and O–H groups in total. The summed E-state index contributed by atoms with van der Waals surface area (Å²) in [7, 11) is 0. The molecule has 0 spiro atoms. The van der Waals surface area contributed by atoms with Crippen LogP contribution in [0.2, 0.25) is 0 Å². The number of anilines is 1. The third kappa shape index (κ3) is 4.46. The summed E-state index contributed by atoms with van der Waals surface area (Å²) in [5.74, 6) is 0.486. The summed E-state index contributed by atoms with van der Waals surface area (Å²) >= 11 is 3.64. The van der Waals surface area contributed by atoms with Gasteiger partial charge in [0, 0.05) is 8.95 Å². The summed E-state index contributed by atoms with van der Waals surface area (Å²) in [6.45, 7) is 2.02. The van der Waals surface area contributed by atoms with Crippen LogP contribution in [0.3, 0.4) is 0 Å². The molecular weight excluding hydrogens is 375 g/mol. The molecular formula is C13H13IN2O2S. The zero-order valence-electron chi connectivity index (χ0n) is 10.4. The zero-order valence-corrected chi connectivity index (χ0v) is 13.3. The number of thiazole rings is 1. The number of amides is 1. The van der Waals surface area contributed by atoms with E-state index in [1.165, 1.54) is 11.3 Å². The molecule has 0 atom stereocenters. The lowest BCUT2D eigenvalue weighted by molar-refractivity contribution is -0.118. The van der Waals surface area contributed by atoms with Crippen molar-refractivity contribution in [2.75, 3.05) is 11.9 Å². The third-order valence-corrected chi connectivity index (χ3v) is 3.87. The summed E-state index contributed by atoms with van der Waals surface area (Å²) in [5, 5.41) is 5.28. The summed E-state index contributed by atoms with van der Waals surface area (Å²) in [5.41, 5.74) is 0.985. The Morgan fingerprint density at radius 2 is 2.16 bits per heavy atom. The van der Waals surface area contributed by atoms with Gasteiger partial charge in [-0.15, -0.1) is 11.3 Å². The number of benzene rings is 1. The average Bonchev–Trinajstić information content (AvgIpc) is 2.86. The number of aromatic nitrogens is 1. The molecule has 1 aromatic carbocycles. The van der Waals surface area contributed by atoms with Gasteiger partial charge in [0.15, 0.2) is 11.7 Å². The van der Waals surface area contributed by atoms with Crippen LogP contribution in [0, 0.1) is 3.57 Å². The Morgan fingerprint density at radius 3 is 2.79 bits per heavy atom. The Hall–Kier alpha value is -1.15. The fourth-order valence-electron chi connectivity index (χ4n) is 1.36. The molecule has 19 heavy (non-hydrogen) atoms. The maximum absolute atomic E-state index is 11.7. The molecule has 0 aliphatic heterocycles. The normalized spacial score (nSPS) is 10.2. The van der Waals surface area contributed by atoms with Gasteiger partial charge in [-0.25, -0.2) is 4.98 Å². The fraction of sp³-hybridized carbons (Fsp3) is 0.231. The van der Waals surface area contributed by atoms with E-state index in [4.69, 9.17) is 4.74 Å². The number of carbonyl (C=O) groups excluding carboxylic acids is 1. The topological polar surface area (TPSA) is 51.2 Å². The minimum atomic E-state index is -0.199. The van der Waals surface area contributed by atoms with Crippen molar-refractivity contribution in [3.05, 3.63) is 38.9 Å². The summed E-state index contributed by atoms with van der Waals surface area (Å²) < 4.78 is 6.52. The van der Waals surface area contributed by atoms with E-state index < -0.39 is 0 Å². The molecule has 4 nitrogen and oxygen atoms in total. The first-order chi connectivity index (χ1) is 9.17. The van der Waals surface area contributed by atoms with E-state index in [0.29, 0.717) is 10.9 Å². The van der Waals surface area contributed by atoms with Crippen LogP contribution in [0.25, 0.3) is 0 Å². The van der Waals surface area contributed by atoms with Crippen LogP contribution < -0.4 is 10.1 Å². The number of nitrogens with one attached hydrogen (secondary N) is 1. The van der Waals surface area contributed by atoms with Crippen LogP contribution >= 0.6 is 33.9 Å². The lowest BCUT2D eigenvalue weighted by atomic mass is 10.3. The third-order valence-electron chi connectivity index (χ3n) is 2.34. The standard InChI is InChI=1S/C13H13IN2O2S/c1-2-10-8-19-13(15-10)16-12(17)7-18-11-5-3-9(14)4-6-11/h3-6,8H,2,7H2,1H3,(H,15,16,17). The molecule has 0 fully saturated rings. The van der Waals surface area contributed by atoms with Gasteiger partial charge in [-0.1, -0.05) is 6.92 Å². The highest BCUT2D eigenvalue weighted by Crippen LogP contribution is 2.16. The molecule has 0 aliphatic rings. The molecule has 0 saturated carbocycles. The van der Waals surface area contributed by atoms with Crippen molar-refractivity contribution >= 4 is 45.0 Å². The molecule has 0 aliphatic carbocycles. The van der Waals surface area contributed by atoms with Gasteiger partial charge in [0.1, 0.15) is 5.75 Å². The van der Waals surface area contributed by atoms with E-state index in [-0.39, 0.29) is 12.5 Å². The second-order valence-electron chi connectivity index (χ2n) is 3.79. The minimum absolute atomic E-state index is 0.0123. The van der Waals surface area contributed by atoms with Crippen LogP contribution in [0.4, 0.5) is 5.13 Å². The second kappa shape index (κ2) is 6.85. The Kier molecular flexibility index (Phi) is 5.15. The van der Waals surface area contributed by atoms with E-state index >= 15 is 0 Å². The van der Waals surface area contributed by atoms with E-state index in [0.717, 1.165) is 15.7 Å². The maximum atomic E-state index is 11.7. The second-order valence-corrected chi connectivity index (χ2v) is 5.89. The van der Waals surface area contributed by atoms with Crippen molar-refractivity contribution in [1.82, 2.24) is 4.98 Å². The SMILES string of the molecule is CCc1csc(NC(=O)COc2ccc(I)cc2)n1. The molecule has 1 amide bonds. The molecule has 6 heteroatoms. The Bertz CT molecular complexity index is 554. The molecule has 0 radical (unpaired) electrons. The van der Waals surface area contributed by atoms with Crippen LogP contribution in [-0.4, -0.2) is 17.5 Å². The van der Waals surface area contributed by atoms with Gasteiger partial charge >= 0.3 is 0 Å².